The minimum absolute atomic E-state index is 0.00418. The largest absolute Gasteiger partial charge is 0.328 e. The number of carbonyl (C=O) groups excluding carboxylic acids is 2. The number of sulfonamides is 1. The number of fused-ring (bicyclic) bond motifs is 1. The number of alkyl halides is 2. The minimum atomic E-state index is -3.68. The SMILES string of the molecule is CN1NC(N2CCC(=O)NC2=O)c2ccc(C3CCN(Cc4cccc(S(=O)(=O)N5CCC(N)CC5)c4)CC3(F)F)cc21. The molecule has 43 heavy (non-hydrogen) atoms. The number of hydrogen-bond acceptors (Lipinski definition) is 8. The number of piperidine rings is 2. The zero-order chi connectivity index (χ0) is 30.5. The molecule has 2 aromatic rings. The van der Waals surface area contributed by atoms with E-state index in [9.17, 15) is 18.0 Å². The highest BCUT2D eigenvalue weighted by Crippen LogP contribution is 2.44. The van der Waals surface area contributed by atoms with Gasteiger partial charge in [0.05, 0.1) is 23.0 Å². The normalized spacial score (nSPS) is 25.6. The van der Waals surface area contributed by atoms with Gasteiger partial charge in [0.25, 0.3) is 5.92 Å². The van der Waals surface area contributed by atoms with Crippen molar-refractivity contribution in [2.45, 2.75) is 61.2 Å². The topological polar surface area (TPSA) is 131 Å². The molecule has 0 aromatic heterocycles. The smallest absolute Gasteiger partial charge is 0.325 e. The number of nitrogens with two attached hydrogens (primary N) is 1. The molecule has 2 unspecified atom stereocenters. The predicted molar refractivity (Wildman–Crippen MR) is 156 cm³/mol. The minimum Gasteiger partial charge on any atom is -0.328 e. The molecule has 0 radical (unpaired) electrons. The Bertz CT molecular complexity index is 1520. The van der Waals surface area contributed by atoms with E-state index >= 15 is 8.78 Å². The van der Waals surface area contributed by atoms with Gasteiger partial charge in [-0.3, -0.25) is 15.0 Å². The summed E-state index contributed by atoms with van der Waals surface area (Å²) in [6.07, 6.45) is 1.14. The first-order chi connectivity index (χ1) is 20.4. The number of carbonyl (C=O) groups is 2. The number of urea groups is 1. The number of anilines is 1. The van der Waals surface area contributed by atoms with E-state index in [0.717, 1.165) is 5.56 Å². The lowest BCUT2D eigenvalue weighted by Gasteiger charge is -2.39. The third kappa shape index (κ3) is 5.86. The number of hydrazine groups is 1. The van der Waals surface area contributed by atoms with Gasteiger partial charge < -0.3 is 15.6 Å². The highest BCUT2D eigenvalue weighted by molar-refractivity contribution is 7.89. The van der Waals surface area contributed by atoms with Crippen molar-refractivity contribution in [3.05, 3.63) is 59.2 Å². The number of hydrogen-bond donors (Lipinski definition) is 3. The van der Waals surface area contributed by atoms with E-state index in [4.69, 9.17) is 5.73 Å². The van der Waals surface area contributed by atoms with Gasteiger partial charge in [-0.1, -0.05) is 24.3 Å². The van der Waals surface area contributed by atoms with E-state index in [0.29, 0.717) is 49.3 Å². The van der Waals surface area contributed by atoms with Gasteiger partial charge in [0, 0.05) is 51.3 Å². The Labute approximate surface area is 250 Å². The van der Waals surface area contributed by atoms with Gasteiger partial charge in [-0.05, 0) is 55.1 Å². The van der Waals surface area contributed by atoms with E-state index in [-0.39, 0.29) is 42.8 Å². The summed E-state index contributed by atoms with van der Waals surface area (Å²) in [5.74, 6) is -4.33. The number of likely N-dealkylation sites (tertiary alicyclic amines) is 1. The van der Waals surface area contributed by atoms with E-state index in [1.807, 2.05) is 0 Å². The van der Waals surface area contributed by atoms with Crippen molar-refractivity contribution in [1.29, 1.82) is 0 Å². The van der Waals surface area contributed by atoms with Crippen molar-refractivity contribution < 1.29 is 26.8 Å². The first kappa shape index (κ1) is 29.9. The molecule has 14 heteroatoms. The van der Waals surface area contributed by atoms with Crippen LogP contribution in [0.1, 0.15) is 54.5 Å². The van der Waals surface area contributed by atoms with Gasteiger partial charge in [0.2, 0.25) is 15.9 Å². The summed E-state index contributed by atoms with van der Waals surface area (Å²) < 4.78 is 59.2. The van der Waals surface area contributed by atoms with Crippen LogP contribution >= 0.6 is 0 Å². The molecular formula is C29H37F2N7O4S. The summed E-state index contributed by atoms with van der Waals surface area (Å²) in [5, 5.41) is 4.05. The molecule has 0 aliphatic carbocycles. The van der Waals surface area contributed by atoms with Gasteiger partial charge in [-0.2, -0.15) is 4.31 Å². The molecule has 4 aliphatic heterocycles. The van der Waals surface area contributed by atoms with Crippen LogP contribution in [-0.4, -0.2) is 86.2 Å². The molecular weight excluding hydrogens is 580 g/mol. The number of imide groups is 1. The van der Waals surface area contributed by atoms with Crippen LogP contribution in [0.5, 0.6) is 0 Å². The first-order valence-corrected chi connectivity index (χ1v) is 16.1. The van der Waals surface area contributed by atoms with Crippen LogP contribution in [0.3, 0.4) is 0 Å². The molecule has 6 rings (SSSR count). The second-order valence-electron chi connectivity index (χ2n) is 11.9. The Morgan fingerprint density at radius 2 is 1.79 bits per heavy atom. The highest BCUT2D eigenvalue weighted by Gasteiger charge is 2.46. The van der Waals surface area contributed by atoms with Gasteiger partial charge in [-0.15, -0.1) is 0 Å². The van der Waals surface area contributed by atoms with Crippen molar-refractivity contribution in [3.8, 4) is 0 Å². The molecule has 11 nitrogen and oxygen atoms in total. The van der Waals surface area contributed by atoms with Crippen LogP contribution < -0.4 is 21.5 Å². The maximum atomic E-state index is 15.7. The monoisotopic (exact) mass is 617 g/mol. The maximum absolute atomic E-state index is 15.7. The first-order valence-electron chi connectivity index (χ1n) is 14.6. The Morgan fingerprint density at radius 3 is 2.51 bits per heavy atom. The lowest BCUT2D eigenvalue weighted by molar-refractivity contribution is -0.121. The van der Waals surface area contributed by atoms with E-state index in [2.05, 4.69) is 10.7 Å². The molecule has 3 amide bonds. The van der Waals surface area contributed by atoms with Crippen LogP contribution in [0.2, 0.25) is 0 Å². The second kappa shape index (κ2) is 11.4. The number of nitrogens with one attached hydrogen (secondary N) is 2. The average molecular weight is 618 g/mol. The molecule has 4 aliphatic rings. The fourth-order valence-corrected chi connectivity index (χ4v) is 8.11. The van der Waals surface area contributed by atoms with E-state index in [1.165, 1.54) is 9.21 Å². The molecule has 4 N–H and O–H groups in total. The third-order valence-corrected chi connectivity index (χ3v) is 10.8. The van der Waals surface area contributed by atoms with Crippen LogP contribution in [0.4, 0.5) is 19.3 Å². The molecule has 2 aromatic carbocycles. The molecule has 0 saturated carbocycles. The quantitative estimate of drug-likeness (QED) is 0.450. The summed E-state index contributed by atoms with van der Waals surface area (Å²) in [7, 11) is -1.91. The van der Waals surface area contributed by atoms with E-state index < -0.39 is 40.6 Å². The molecule has 4 heterocycles. The van der Waals surface area contributed by atoms with Gasteiger partial charge >= 0.3 is 6.03 Å². The van der Waals surface area contributed by atoms with Gasteiger partial charge in [0.1, 0.15) is 6.17 Å². The molecule has 0 spiro atoms. The Hall–Kier alpha value is -3.17. The lowest BCUT2D eigenvalue weighted by Crippen LogP contribution is -2.53. The van der Waals surface area contributed by atoms with Gasteiger partial charge in [0.15, 0.2) is 0 Å². The Morgan fingerprint density at radius 1 is 1.02 bits per heavy atom. The fraction of sp³-hybridized carbons (Fsp3) is 0.517. The summed E-state index contributed by atoms with van der Waals surface area (Å²) in [4.78, 5) is 27.4. The Balaban J connectivity index is 1.14. The summed E-state index contributed by atoms with van der Waals surface area (Å²) >= 11 is 0. The summed E-state index contributed by atoms with van der Waals surface area (Å²) in [5.41, 5.74) is 11.8. The number of benzene rings is 2. The molecule has 232 valence electrons. The van der Waals surface area contributed by atoms with Crippen molar-refractivity contribution in [1.82, 2.24) is 24.8 Å². The predicted octanol–water partition coefficient (Wildman–Crippen LogP) is 2.32. The summed E-state index contributed by atoms with van der Waals surface area (Å²) in [6.45, 7) is 1.20. The standard InChI is InChI=1S/C29H37F2N7O4S/c1-35-25-16-20(5-6-23(25)27(34-35)38-14-10-26(39)33-28(38)40)24-9-11-36(18-29(24,30)31)17-19-3-2-4-22(15-19)43(41,42)37-12-7-21(32)8-13-37/h2-6,15-16,21,24,27,34H,7-14,17-18,32H2,1H3,(H,33,39,40). The van der Waals surface area contributed by atoms with Crippen molar-refractivity contribution in [2.24, 2.45) is 5.73 Å². The van der Waals surface area contributed by atoms with E-state index in [1.54, 1.807) is 59.4 Å². The molecule has 2 atom stereocenters. The van der Waals surface area contributed by atoms with Crippen molar-refractivity contribution in [3.63, 3.8) is 0 Å². The highest BCUT2D eigenvalue weighted by atomic mass is 32.2. The van der Waals surface area contributed by atoms with Crippen LogP contribution in [0.25, 0.3) is 0 Å². The third-order valence-electron chi connectivity index (χ3n) is 8.95. The molecule has 3 fully saturated rings. The zero-order valence-electron chi connectivity index (χ0n) is 24.0. The Kier molecular flexibility index (Phi) is 7.92. The number of amides is 3. The van der Waals surface area contributed by atoms with Crippen molar-refractivity contribution >= 4 is 27.6 Å². The number of halogens is 2. The van der Waals surface area contributed by atoms with Crippen LogP contribution in [-0.2, 0) is 21.4 Å². The second-order valence-corrected chi connectivity index (χ2v) is 13.8. The fourth-order valence-electron chi connectivity index (χ4n) is 6.57. The zero-order valence-corrected chi connectivity index (χ0v) is 24.8. The number of rotatable bonds is 6. The van der Waals surface area contributed by atoms with Gasteiger partial charge in [-0.25, -0.2) is 27.4 Å². The molecule has 0 bridgehead atoms. The summed E-state index contributed by atoms with van der Waals surface area (Å²) in [6, 6.07) is 11.3. The van der Waals surface area contributed by atoms with Crippen LogP contribution in [0.15, 0.2) is 47.4 Å². The number of nitrogens with zero attached hydrogens (tertiary/aromatic N) is 4. The van der Waals surface area contributed by atoms with Crippen LogP contribution in [0, 0.1) is 0 Å². The average Bonchev–Trinajstić information content (AvgIpc) is 3.28. The maximum Gasteiger partial charge on any atom is 0.325 e. The lowest BCUT2D eigenvalue weighted by atomic mass is 9.85. The molecule has 3 saturated heterocycles. The van der Waals surface area contributed by atoms with Crippen molar-refractivity contribution in [2.75, 3.05) is 44.8 Å².